The number of rotatable bonds is 4. The van der Waals surface area contributed by atoms with Crippen LogP contribution in [-0.2, 0) is 23.8 Å². The van der Waals surface area contributed by atoms with Crippen molar-refractivity contribution >= 4 is 16.1 Å². The topological polar surface area (TPSA) is 89.9 Å². The molecule has 19 heavy (non-hydrogen) atoms. The molecule has 0 amide bonds. The normalized spacial score (nSPS) is 19.1. The monoisotopic (exact) mass is 284 g/mol. The van der Waals surface area contributed by atoms with Crippen LogP contribution in [0, 0.1) is 6.92 Å². The quantitative estimate of drug-likeness (QED) is 0.657. The number of aryl methyl sites for hydroxylation is 1. The van der Waals surface area contributed by atoms with Gasteiger partial charge in [0.15, 0.2) is 0 Å². The van der Waals surface area contributed by atoms with E-state index in [1.165, 1.54) is 12.1 Å². The molecule has 6 nitrogen and oxygen atoms in total. The van der Waals surface area contributed by atoms with Gasteiger partial charge in [0, 0.05) is 6.08 Å². The number of carbonyl (C=O) groups excluding carboxylic acids is 1. The maximum absolute atomic E-state index is 11.8. The second-order valence-corrected chi connectivity index (χ2v) is 5.66. The van der Waals surface area contributed by atoms with Gasteiger partial charge in [-0.2, -0.15) is 8.42 Å². The van der Waals surface area contributed by atoms with E-state index in [9.17, 15) is 13.2 Å². The molecule has 0 aromatic heterocycles. The van der Waals surface area contributed by atoms with E-state index in [4.69, 9.17) is 9.29 Å². The highest BCUT2D eigenvalue weighted by atomic mass is 32.2. The number of cyclic esters (lactones) is 1. The number of esters is 1. The van der Waals surface area contributed by atoms with Gasteiger partial charge in [-0.05, 0) is 19.1 Å². The molecule has 1 atom stereocenters. The first-order chi connectivity index (χ1) is 8.88. The molecule has 102 valence electrons. The summed E-state index contributed by atoms with van der Waals surface area (Å²) in [4.78, 5) is 10.9. The predicted octanol–water partition coefficient (Wildman–Crippen LogP) is 1.07. The van der Waals surface area contributed by atoms with Crippen LogP contribution >= 0.6 is 0 Å². The molecule has 1 unspecified atom stereocenters. The number of hydrogen-bond acceptors (Lipinski definition) is 6. The summed E-state index contributed by atoms with van der Waals surface area (Å²) < 4.78 is 33.1. The van der Waals surface area contributed by atoms with Crippen LogP contribution in [0.3, 0.4) is 0 Å². The van der Waals surface area contributed by atoms with Crippen molar-refractivity contribution in [1.82, 2.24) is 0 Å². The molecule has 1 aromatic carbocycles. The number of aliphatic hydroxyl groups excluding tert-OH is 1. The number of carbonyl (C=O) groups is 1. The number of ether oxygens (including phenoxy) is 1. The summed E-state index contributed by atoms with van der Waals surface area (Å²) in [6.07, 6.45) is 0.209. The van der Waals surface area contributed by atoms with E-state index >= 15 is 0 Å². The molecule has 1 heterocycles. The van der Waals surface area contributed by atoms with Gasteiger partial charge < -0.3 is 9.84 Å². The zero-order chi connectivity index (χ0) is 14.0. The van der Waals surface area contributed by atoms with E-state index in [0.29, 0.717) is 0 Å². The Morgan fingerprint density at radius 2 is 1.95 bits per heavy atom. The van der Waals surface area contributed by atoms with Gasteiger partial charge in [-0.3, -0.25) is 4.18 Å². The van der Waals surface area contributed by atoms with Gasteiger partial charge in [0.2, 0.25) is 5.76 Å². The van der Waals surface area contributed by atoms with Crippen LogP contribution in [0.1, 0.15) is 5.56 Å². The fraction of sp³-hybridized carbons (Fsp3) is 0.250. The summed E-state index contributed by atoms with van der Waals surface area (Å²) in [6.45, 7) is 1.47. The van der Waals surface area contributed by atoms with Crippen LogP contribution in [0.5, 0.6) is 0 Å². The van der Waals surface area contributed by atoms with Crippen LogP contribution in [0.15, 0.2) is 41.0 Å². The molecular formula is C12H12O6S. The summed E-state index contributed by atoms with van der Waals surface area (Å²) in [7, 11) is -3.90. The van der Waals surface area contributed by atoms with E-state index in [1.807, 2.05) is 6.92 Å². The molecule has 0 saturated carbocycles. The lowest BCUT2D eigenvalue weighted by atomic mass is 10.2. The summed E-state index contributed by atoms with van der Waals surface area (Å²) in [5, 5.41) is 9.03. The highest BCUT2D eigenvalue weighted by Gasteiger charge is 2.27. The van der Waals surface area contributed by atoms with E-state index in [0.717, 1.165) is 11.6 Å². The molecule has 2 rings (SSSR count). The SMILES string of the molecule is Cc1ccc(S(=O)(=O)OCC2C=C(O)C(=O)O2)cc1. The molecule has 0 saturated heterocycles. The third kappa shape index (κ3) is 3.12. The summed E-state index contributed by atoms with van der Waals surface area (Å²) in [5.74, 6) is -1.43. The smallest absolute Gasteiger partial charge is 0.373 e. The van der Waals surface area contributed by atoms with Crippen molar-refractivity contribution in [3.63, 3.8) is 0 Å². The van der Waals surface area contributed by atoms with Gasteiger partial charge in [-0.15, -0.1) is 0 Å². The minimum Gasteiger partial charge on any atom is -0.502 e. The average Bonchev–Trinajstić information content (AvgIpc) is 2.67. The number of aliphatic hydroxyl groups is 1. The Morgan fingerprint density at radius 1 is 1.32 bits per heavy atom. The zero-order valence-electron chi connectivity index (χ0n) is 10.1. The van der Waals surface area contributed by atoms with Crippen molar-refractivity contribution in [3.8, 4) is 0 Å². The van der Waals surface area contributed by atoms with E-state index < -0.39 is 28.0 Å². The number of hydrogen-bond donors (Lipinski definition) is 1. The van der Waals surface area contributed by atoms with Gasteiger partial charge in [-0.25, -0.2) is 4.79 Å². The molecule has 0 aliphatic carbocycles. The van der Waals surface area contributed by atoms with Crippen LogP contribution in [0.4, 0.5) is 0 Å². The molecule has 0 spiro atoms. The summed E-state index contributed by atoms with van der Waals surface area (Å²) in [5.41, 5.74) is 0.927. The molecule has 1 aromatic rings. The average molecular weight is 284 g/mol. The lowest BCUT2D eigenvalue weighted by Gasteiger charge is -2.09. The van der Waals surface area contributed by atoms with Crippen molar-refractivity contribution in [2.45, 2.75) is 17.9 Å². The number of benzene rings is 1. The molecule has 1 N–H and O–H groups in total. The maximum Gasteiger partial charge on any atom is 0.373 e. The van der Waals surface area contributed by atoms with Crippen molar-refractivity contribution < 1.29 is 27.2 Å². The summed E-state index contributed by atoms with van der Waals surface area (Å²) >= 11 is 0. The highest BCUT2D eigenvalue weighted by Crippen LogP contribution is 2.16. The Kier molecular flexibility index (Phi) is 3.59. The molecule has 1 aliphatic heterocycles. The minimum atomic E-state index is -3.90. The van der Waals surface area contributed by atoms with Gasteiger partial charge in [0.25, 0.3) is 10.1 Å². The largest absolute Gasteiger partial charge is 0.502 e. The standard InChI is InChI=1S/C12H12O6S/c1-8-2-4-10(5-3-8)19(15,16)17-7-9-6-11(13)12(14)18-9/h2-6,9,13H,7H2,1H3. The van der Waals surface area contributed by atoms with E-state index in [-0.39, 0.29) is 11.5 Å². The highest BCUT2D eigenvalue weighted by molar-refractivity contribution is 7.86. The third-order valence-electron chi connectivity index (χ3n) is 2.51. The lowest BCUT2D eigenvalue weighted by Crippen LogP contribution is -2.19. The van der Waals surface area contributed by atoms with Crippen LogP contribution in [-0.4, -0.2) is 32.2 Å². The molecule has 7 heteroatoms. The second kappa shape index (κ2) is 5.02. The molecular weight excluding hydrogens is 272 g/mol. The zero-order valence-corrected chi connectivity index (χ0v) is 10.9. The van der Waals surface area contributed by atoms with E-state index in [2.05, 4.69) is 4.74 Å². The molecule has 0 fully saturated rings. The second-order valence-electron chi connectivity index (χ2n) is 4.05. The summed E-state index contributed by atoms with van der Waals surface area (Å²) in [6, 6.07) is 6.16. The van der Waals surface area contributed by atoms with E-state index in [1.54, 1.807) is 12.1 Å². The first kappa shape index (κ1) is 13.6. The predicted molar refractivity (Wildman–Crippen MR) is 64.9 cm³/mol. The fourth-order valence-corrected chi connectivity index (χ4v) is 2.41. The van der Waals surface area contributed by atoms with Gasteiger partial charge in [0.1, 0.15) is 12.7 Å². The van der Waals surface area contributed by atoms with Gasteiger partial charge in [0.05, 0.1) is 4.90 Å². The molecule has 0 bridgehead atoms. The van der Waals surface area contributed by atoms with Crippen LogP contribution < -0.4 is 0 Å². The fourth-order valence-electron chi connectivity index (χ4n) is 1.49. The first-order valence-corrected chi connectivity index (χ1v) is 6.87. The van der Waals surface area contributed by atoms with Crippen molar-refractivity contribution in [2.24, 2.45) is 0 Å². The Balaban J connectivity index is 2.03. The third-order valence-corrected chi connectivity index (χ3v) is 3.80. The van der Waals surface area contributed by atoms with Crippen LogP contribution in [0.25, 0.3) is 0 Å². The Morgan fingerprint density at radius 3 is 2.47 bits per heavy atom. The first-order valence-electron chi connectivity index (χ1n) is 5.46. The Hall–Kier alpha value is -1.86. The minimum absolute atomic E-state index is 0.0237. The maximum atomic E-state index is 11.8. The van der Waals surface area contributed by atoms with Crippen LogP contribution in [0.2, 0.25) is 0 Å². The Bertz CT molecular complexity index is 614. The van der Waals surface area contributed by atoms with Gasteiger partial charge >= 0.3 is 5.97 Å². The van der Waals surface area contributed by atoms with Crippen molar-refractivity contribution in [1.29, 1.82) is 0 Å². The lowest BCUT2D eigenvalue weighted by molar-refractivity contribution is -0.142. The Labute approximate surface area is 110 Å². The molecule has 1 aliphatic rings. The van der Waals surface area contributed by atoms with Crippen molar-refractivity contribution in [3.05, 3.63) is 41.7 Å². The van der Waals surface area contributed by atoms with Crippen molar-refractivity contribution in [2.75, 3.05) is 6.61 Å². The van der Waals surface area contributed by atoms with Gasteiger partial charge in [-0.1, -0.05) is 17.7 Å². The molecule has 0 radical (unpaired) electrons.